The van der Waals surface area contributed by atoms with Crippen LogP contribution in [0.3, 0.4) is 0 Å². The third-order valence-corrected chi connectivity index (χ3v) is 4.59. The Labute approximate surface area is 135 Å². The number of aryl methyl sites for hydroxylation is 1. The number of rotatable bonds is 2. The zero-order valence-corrected chi connectivity index (χ0v) is 13.6. The molecule has 0 bridgehead atoms. The van der Waals surface area contributed by atoms with Gasteiger partial charge in [-0.25, -0.2) is 0 Å². The standard InChI is InChI=1S/C14H11BrCl2N2O/c1-7-6-8(2-4-10(7)18)14(20)19-11-5-3-9(15)12(16)13(11)17/h2-6H,18H2,1H3,(H,19,20). The molecule has 2 aromatic carbocycles. The number of carbonyl (C=O) groups is 1. The van der Waals surface area contributed by atoms with E-state index in [1.807, 2.05) is 6.92 Å². The van der Waals surface area contributed by atoms with Gasteiger partial charge in [-0.1, -0.05) is 23.2 Å². The minimum absolute atomic E-state index is 0.270. The summed E-state index contributed by atoms with van der Waals surface area (Å²) in [6, 6.07) is 8.48. The number of halogens is 3. The molecule has 6 heteroatoms. The van der Waals surface area contributed by atoms with Crippen LogP contribution in [0.15, 0.2) is 34.8 Å². The van der Waals surface area contributed by atoms with Gasteiger partial charge in [0.1, 0.15) is 0 Å². The Hall–Kier alpha value is -1.23. The molecule has 1 amide bonds. The average molecular weight is 374 g/mol. The van der Waals surface area contributed by atoms with Crippen molar-refractivity contribution in [3.05, 3.63) is 56.0 Å². The Morgan fingerprint density at radius 2 is 1.90 bits per heavy atom. The van der Waals surface area contributed by atoms with Crippen LogP contribution in [-0.2, 0) is 0 Å². The van der Waals surface area contributed by atoms with Gasteiger partial charge in [-0.15, -0.1) is 0 Å². The van der Waals surface area contributed by atoms with Crippen molar-refractivity contribution < 1.29 is 4.79 Å². The molecule has 0 saturated carbocycles. The number of nitrogen functional groups attached to an aromatic ring is 1. The Morgan fingerprint density at radius 1 is 1.20 bits per heavy atom. The molecule has 0 saturated heterocycles. The number of benzene rings is 2. The summed E-state index contributed by atoms with van der Waals surface area (Å²) in [6.45, 7) is 1.84. The highest BCUT2D eigenvalue weighted by Crippen LogP contribution is 2.36. The van der Waals surface area contributed by atoms with E-state index >= 15 is 0 Å². The van der Waals surface area contributed by atoms with Gasteiger partial charge in [0.15, 0.2) is 0 Å². The third kappa shape index (κ3) is 3.08. The summed E-state index contributed by atoms with van der Waals surface area (Å²) in [6.07, 6.45) is 0. The number of carbonyl (C=O) groups excluding carboxylic acids is 1. The van der Waals surface area contributed by atoms with Crippen molar-refractivity contribution in [1.82, 2.24) is 0 Å². The molecule has 0 aliphatic carbocycles. The maximum absolute atomic E-state index is 12.2. The van der Waals surface area contributed by atoms with Gasteiger partial charge in [-0.2, -0.15) is 0 Å². The first kappa shape index (κ1) is 15.2. The van der Waals surface area contributed by atoms with E-state index in [9.17, 15) is 4.79 Å². The molecular weight excluding hydrogens is 363 g/mol. The van der Waals surface area contributed by atoms with Crippen molar-refractivity contribution in [3.8, 4) is 0 Å². The van der Waals surface area contributed by atoms with Gasteiger partial charge in [-0.05, 0) is 58.7 Å². The molecule has 0 aromatic heterocycles. The summed E-state index contributed by atoms with van der Waals surface area (Å²) in [5, 5.41) is 3.38. The summed E-state index contributed by atoms with van der Waals surface area (Å²) in [7, 11) is 0. The summed E-state index contributed by atoms with van der Waals surface area (Å²) in [4.78, 5) is 12.2. The number of nitrogens with two attached hydrogens (primary N) is 1. The number of hydrogen-bond donors (Lipinski definition) is 2. The Bertz CT molecular complexity index is 689. The molecule has 20 heavy (non-hydrogen) atoms. The van der Waals surface area contributed by atoms with Crippen LogP contribution in [0, 0.1) is 6.92 Å². The van der Waals surface area contributed by atoms with Gasteiger partial charge in [0.2, 0.25) is 0 Å². The van der Waals surface area contributed by atoms with E-state index in [4.69, 9.17) is 28.9 Å². The van der Waals surface area contributed by atoms with Gasteiger partial charge in [-0.3, -0.25) is 4.79 Å². The van der Waals surface area contributed by atoms with Crippen molar-refractivity contribution in [3.63, 3.8) is 0 Å². The van der Waals surface area contributed by atoms with Crippen LogP contribution in [0.25, 0.3) is 0 Å². The van der Waals surface area contributed by atoms with Gasteiger partial charge in [0, 0.05) is 15.7 Å². The molecule has 2 rings (SSSR count). The average Bonchev–Trinajstić information content (AvgIpc) is 2.42. The maximum Gasteiger partial charge on any atom is 0.255 e. The molecule has 3 N–H and O–H groups in total. The molecule has 3 nitrogen and oxygen atoms in total. The first-order chi connectivity index (χ1) is 9.40. The van der Waals surface area contributed by atoms with E-state index in [1.165, 1.54) is 0 Å². The largest absolute Gasteiger partial charge is 0.399 e. The summed E-state index contributed by atoms with van der Waals surface area (Å²) < 4.78 is 0.672. The number of amides is 1. The highest BCUT2D eigenvalue weighted by Gasteiger charge is 2.12. The maximum atomic E-state index is 12.2. The topological polar surface area (TPSA) is 55.1 Å². The molecule has 0 fully saturated rings. The van der Waals surface area contributed by atoms with Crippen LogP contribution < -0.4 is 11.1 Å². The molecule has 2 aromatic rings. The zero-order chi connectivity index (χ0) is 14.9. The fraction of sp³-hybridized carbons (Fsp3) is 0.0714. The molecule has 0 atom stereocenters. The Balaban J connectivity index is 2.28. The van der Waals surface area contributed by atoms with Crippen LogP contribution in [0.5, 0.6) is 0 Å². The monoisotopic (exact) mass is 372 g/mol. The molecule has 104 valence electrons. The first-order valence-electron chi connectivity index (χ1n) is 5.71. The summed E-state index contributed by atoms with van der Waals surface area (Å²) >= 11 is 15.4. The van der Waals surface area contributed by atoms with E-state index in [2.05, 4.69) is 21.2 Å². The minimum Gasteiger partial charge on any atom is -0.399 e. The van der Waals surface area contributed by atoms with Gasteiger partial charge >= 0.3 is 0 Å². The lowest BCUT2D eigenvalue weighted by Crippen LogP contribution is -2.12. The second-order valence-electron chi connectivity index (χ2n) is 4.25. The zero-order valence-electron chi connectivity index (χ0n) is 10.5. The fourth-order valence-electron chi connectivity index (χ4n) is 1.63. The molecule has 0 heterocycles. The van der Waals surface area contributed by atoms with Crippen LogP contribution in [-0.4, -0.2) is 5.91 Å². The van der Waals surface area contributed by atoms with E-state index < -0.39 is 0 Å². The summed E-state index contributed by atoms with van der Waals surface area (Å²) in [5.74, 6) is -0.270. The molecule has 0 radical (unpaired) electrons. The smallest absolute Gasteiger partial charge is 0.255 e. The number of hydrogen-bond acceptors (Lipinski definition) is 2. The number of nitrogens with one attached hydrogen (secondary N) is 1. The normalized spacial score (nSPS) is 10.4. The van der Waals surface area contributed by atoms with Crippen molar-refractivity contribution in [2.24, 2.45) is 0 Å². The van der Waals surface area contributed by atoms with Gasteiger partial charge in [0.05, 0.1) is 15.7 Å². The molecule has 0 aliphatic heterocycles. The van der Waals surface area contributed by atoms with Crippen LogP contribution in [0.1, 0.15) is 15.9 Å². The van der Waals surface area contributed by atoms with Crippen LogP contribution >= 0.6 is 39.1 Å². The predicted octanol–water partition coefficient (Wildman–Crippen LogP) is 4.90. The van der Waals surface area contributed by atoms with Crippen LogP contribution in [0.2, 0.25) is 10.0 Å². The van der Waals surface area contributed by atoms with E-state index in [0.29, 0.717) is 31.5 Å². The van der Waals surface area contributed by atoms with E-state index in [1.54, 1.807) is 30.3 Å². The molecule has 0 aliphatic rings. The van der Waals surface area contributed by atoms with Gasteiger partial charge < -0.3 is 11.1 Å². The van der Waals surface area contributed by atoms with Gasteiger partial charge in [0.25, 0.3) is 5.91 Å². The second-order valence-corrected chi connectivity index (χ2v) is 5.86. The summed E-state index contributed by atoms with van der Waals surface area (Å²) in [5.41, 5.74) is 8.18. The van der Waals surface area contributed by atoms with E-state index in [-0.39, 0.29) is 5.91 Å². The minimum atomic E-state index is -0.270. The van der Waals surface area contributed by atoms with Crippen molar-refractivity contribution >= 4 is 56.4 Å². The highest BCUT2D eigenvalue weighted by atomic mass is 79.9. The second kappa shape index (κ2) is 6.04. The van der Waals surface area contributed by atoms with Crippen molar-refractivity contribution in [2.75, 3.05) is 11.1 Å². The molecule has 0 unspecified atom stereocenters. The quantitative estimate of drug-likeness (QED) is 0.581. The van der Waals surface area contributed by atoms with Crippen LogP contribution in [0.4, 0.5) is 11.4 Å². The fourth-order valence-corrected chi connectivity index (χ4v) is 2.46. The molecular formula is C14H11BrCl2N2O. The Kier molecular flexibility index (Phi) is 4.58. The Morgan fingerprint density at radius 3 is 2.55 bits per heavy atom. The first-order valence-corrected chi connectivity index (χ1v) is 7.26. The third-order valence-electron chi connectivity index (χ3n) is 2.82. The SMILES string of the molecule is Cc1cc(C(=O)Nc2ccc(Br)c(Cl)c2Cl)ccc1N. The van der Waals surface area contributed by atoms with Crippen molar-refractivity contribution in [1.29, 1.82) is 0 Å². The highest BCUT2D eigenvalue weighted by molar-refractivity contribution is 9.10. The predicted molar refractivity (Wildman–Crippen MR) is 87.7 cm³/mol. The van der Waals surface area contributed by atoms with Crippen molar-refractivity contribution in [2.45, 2.75) is 6.92 Å². The lowest BCUT2D eigenvalue weighted by Gasteiger charge is -2.10. The lowest BCUT2D eigenvalue weighted by atomic mass is 10.1. The lowest BCUT2D eigenvalue weighted by molar-refractivity contribution is 0.102. The molecule has 0 spiro atoms. The van der Waals surface area contributed by atoms with E-state index in [0.717, 1.165) is 5.56 Å². The number of anilines is 2.